The van der Waals surface area contributed by atoms with E-state index >= 15 is 0 Å². The number of amides is 2. The van der Waals surface area contributed by atoms with Crippen molar-refractivity contribution in [3.05, 3.63) is 40.4 Å². The lowest BCUT2D eigenvalue weighted by atomic mass is 9.98. The molecule has 2 aliphatic rings. The Morgan fingerprint density at radius 2 is 2.15 bits per heavy atom. The second kappa shape index (κ2) is 8.12. The smallest absolute Gasteiger partial charge is 0.274 e. The van der Waals surface area contributed by atoms with Crippen molar-refractivity contribution in [2.24, 2.45) is 5.92 Å². The molecule has 27 heavy (non-hydrogen) atoms. The van der Waals surface area contributed by atoms with Gasteiger partial charge in [-0.3, -0.25) is 14.6 Å². The number of thiazole rings is 1. The van der Waals surface area contributed by atoms with E-state index in [4.69, 9.17) is 4.98 Å². The Morgan fingerprint density at radius 1 is 1.26 bits per heavy atom. The molecule has 1 atom stereocenters. The second-order valence-electron chi connectivity index (χ2n) is 7.17. The minimum Gasteiger partial charge on any atom is -0.355 e. The molecule has 0 aromatic carbocycles. The first-order chi connectivity index (χ1) is 13.2. The molecule has 1 saturated carbocycles. The Kier molecular flexibility index (Phi) is 5.42. The number of hydrogen-bond donors (Lipinski definition) is 1. The van der Waals surface area contributed by atoms with Gasteiger partial charge >= 0.3 is 0 Å². The predicted molar refractivity (Wildman–Crippen MR) is 101 cm³/mol. The van der Waals surface area contributed by atoms with E-state index < -0.39 is 0 Å². The molecule has 8 heteroatoms. The fraction of sp³-hybridized carbons (Fsp3) is 0.526. The summed E-state index contributed by atoms with van der Waals surface area (Å²) in [4.78, 5) is 39.0. The highest BCUT2D eigenvalue weighted by atomic mass is 32.1. The van der Waals surface area contributed by atoms with E-state index in [1.54, 1.807) is 23.7 Å². The van der Waals surface area contributed by atoms with Crippen LogP contribution in [0.15, 0.2) is 24.0 Å². The largest absolute Gasteiger partial charge is 0.355 e. The maximum Gasteiger partial charge on any atom is 0.274 e. The van der Waals surface area contributed by atoms with Gasteiger partial charge in [0, 0.05) is 55.7 Å². The highest BCUT2D eigenvalue weighted by molar-refractivity contribution is 7.09. The van der Waals surface area contributed by atoms with Crippen LogP contribution in [0.2, 0.25) is 0 Å². The highest BCUT2D eigenvalue weighted by Crippen LogP contribution is 2.30. The molecule has 2 amide bonds. The molecule has 0 spiro atoms. The molecule has 1 saturated heterocycles. The zero-order chi connectivity index (χ0) is 18.6. The molecule has 2 fully saturated rings. The van der Waals surface area contributed by atoms with E-state index in [0.717, 1.165) is 49.4 Å². The van der Waals surface area contributed by atoms with Crippen molar-refractivity contribution in [2.75, 3.05) is 19.6 Å². The molecule has 142 valence electrons. The molecule has 0 unspecified atom stereocenters. The van der Waals surface area contributed by atoms with Gasteiger partial charge in [-0.05, 0) is 25.7 Å². The first kappa shape index (κ1) is 18.0. The van der Waals surface area contributed by atoms with Gasteiger partial charge in [0.05, 0.1) is 16.9 Å². The number of nitrogens with zero attached hydrogens (tertiary/aromatic N) is 4. The van der Waals surface area contributed by atoms with Crippen LogP contribution in [0.1, 0.15) is 52.8 Å². The minimum absolute atomic E-state index is 0.0626. The third-order valence-corrected chi connectivity index (χ3v) is 6.09. The maximum absolute atomic E-state index is 12.6. The van der Waals surface area contributed by atoms with E-state index in [9.17, 15) is 9.59 Å². The summed E-state index contributed by atoms with van der Waals surface area (Å²) in [5.41, 5.74) is 1.41. The maximum atomic E-state index is 12.6. The van der Waals surface area contributed by atoms with Crippen LogP contribution in [-0.2, 0) is 11.2 Å². The van der Waals surface area contributed by atoms with Crippen molar-refractivity contribution < 1.29 is 9.59 Å². The van der Waals surface area contributed by atoms with E-state index in [1.807, 2.05) is 4.90 Å². The van der Waals surface area contributed by atoms with E-state index in [1.165, 1.54) is 6.20 Å². The minimum atomic E-state index is -0.0626. The first-order valence-corrected chi connectivity index (χ1v) is 10.4. The molecule has 3 heterocycles. The third-order valence-electron chi connectivity index (χ3n) is 5.04. The molecule has 2 aromatic heterocycles. The Balaban J connectivity index is 1.32. The summed E-state index contributed by atoms with van der Waals surface area (Å²) in [6.07, 6.45) is 9.44. The summed E-state index contributed by atoms with van der Waals surface area (Å²) >= 11 is 1.65. The van der Waals surface area contributed by atoms with Gasteiger partial charge in [-0.15, -0.1) is 11.3 Å². The molecule has 1 aliphatic heterocycles. The third kappa shape index (κ3) is 4.50. The molecule has 7 nitrogen and oxygen atoms in total. The van der Waals surface area contributed by atoms with Crippen LogP contribution in [0.5, 0.6) is 0 Å². The van der Waals surface area contributed by atoms with E-state index in [-0.39, 0.29) is 23.7 Å². The summed E-state index contributed by atoms with van der Waals surface area (Å²) < 4.78 is 0. The van der Waals surface area contributed by atoms with Crippen molar-refractivity contribution in [3.63, 3.8) is 0 Å². The van der Waals surface area contributed by atoms with Crippen LogP contribution in [0.4, 0.5) is 0 Å². The van der Waals surface area contributed by atoms with E-state index in [0.29, 0.717) is 18.8 Å². The summed E-state index contributed by atoms with van der Waals surface area (Å²) in [5, 5.41) is 6.13. The van der Waals surface area contributed by atoms with Crippen LogP contribution in [-0.4, -0.2) is 51.3 Å². The molecule has 1 N–H and O–H groups in total. The molecular weight excluding hydrogens is 362 g/mol. The number of hydrogen-bond acceptors (Lipinski definition) is 6. The van der Waals surface area contributed by atoms with Crippen molar-refractivity contribution in [2.45, 2.75) is 38.0 Å². The monoisotopic (exact) mass is 385 g/mol. The molecule has 0 bridgehead atoms. The zero-order valence-electron chi connectivity index (χ0n) is 15.1. The van der Waals surface area contributed by atoms with Gasteiger partial charge in [0.1, 0.15) is 5.69 Å². The van der Waals surface area contributed by atoms with Gasteiger partial charge in [-0.2, -0.15) is 0 Å². The number of rotatable bonds is 6. The van der Waals surface area contributed by atoms with E-state index in [2.05, 4.69) is 20.7 Å². The Morgan fingerprint density at radius 3 is 2.93 bits per heavy atom. The number of likely N-dealkylation sites (tertiary alicyclic amines) is 1. The standard InChI is InChI=1S/C19H23N5O2S/c25-17(13-3-4-13)22-6-5-15-12-27-18(23-15)14-2-1-9-24(11-14)19(26)16-10-20-7-8-21-16/h7-8,10,12-14H,1-6,9,11H2,(H,22,25)/t14-/m0/s1. The van der Waals surface area contributed by atoms with Crippen LogP contribution >= 0.6 is 11.3 Å². The van der Waals surface area contributed by atoms with Crippen molar-refractivity contribution in [3.8, 4) is 0 Å². The Bertz CT molecular complexity index is 805. The fourth-order valence-corrected chi connectivity index (χ4v) is 4.35. The zero-order valence-corrected chi connectivity index (χ0v) is 16.0. The molecule has 4 rings (SSSR count). The molecule has 2 aromatic rings. The molecule has 1 aliphatic carbocycles. The highest BCUT2D eigenvalue weighted by Gasteiger charge is 2.29. The lowest BCUT2D eigenvalue weighted by Crippen LogP contribution is -2.39. The quantitative estimate of drug-likeness (QED) is 0.822. The van der Waals surface area contributed by atoms with Gasteiger partial charge < -0.3 is 10.2 Å². The predicted octanol–water partition coefficient (Wildman–Crippen LogP) is 2.02. The fourth-order valence-electron chi connectivity index (χ4n) is 3.36. The average Bonchev–Trinajstić information content (AvgIpc) is 3.47. The van der Waals surface area contributed by atoms with Crippen molar-refractivity contribution in [1.82, 2.24) is 25.2 Å². The van der Waals surface area contributed by atoms with Crippen LogP contribution in [0.25, 0.3) is 0 Å². The van der Waals surface area contributed by atoms with Gasteiger partial charge in [0.25, 0.3) is 5.91 Å². The Hall–Kier alpha value is -2.35. The van der Waals surface area contributed by atoms with Gasteiger partial charge in [0.2, 0.25) is 5.91 Å². The Labute approximate surface area is 162 Å². The number of carbonyl (C=O) groups excluding carboxylic acids is 2. The van der Waals surface area contributed by atoms with Crippen molar-refractivity contribution >= 4 is 23.2 Å². The SMILES string of the molecule is O=C(NCCc1csc([C@H]2CCCN(C(=O)c3cnccn3)C2)n1)C1CC1. The number of piperidine rings is 1. The number of nitrogens with one attached hydrogen (secondary N) is 1. The number of carbonyl (C=O) groups is 2. The summed E-state index contributed by atoms with van der Waals surface area (Å²) in [6.45, 7) is 2.05. The second-order valence-corrected chi connectivity index (χ2v) is 8.06. The van der Waals surface area contributed by atoms with Gasteiger partial charge in [-0.1, -0.05) is 0 Å². The normalized spacial score (nSPS) is 19.7. The number of aromatic nitrogens is 3. The summed E-state index contributed by atoms with van der Waals surface area (Å²) in [5.74, 6) is 0.624. The van der Waals surface area contributed by atoms with Gasteiger partial charge in [-0.25, -0.2) is 9.97 Å². The van der Waals surface area contributed by atoms with Gasteiger partial charge in [0.15, 0.2) is 0 Å². The average molecular weight is 385 g/mol. The van der Waals surface area contributed by atoms with Crippen LogP contribution in [0, 0.1) is 5.92 Å². The summed E-state index contributed by atoms with van der Waals surface area (Å²) in [6, 6.07) is 0. The first-order valence-electron chi connectivity index (χ1n) is 9.48. The van der Waals surface area contributed by atoms with Crippen LogP contribution < -0.4 is 5.32 Å². The van der Waals surface area contributed by atoms with Crippen molar-refractivity contribution in [1.29, 1.82) is 0 Å². The summed E-state index contributed by atoms with van der Waals surface area (Å²) in [7, 11) is 0. The topological polar surface area (TPSA) is 88.1 Å². The molecular formula is C19H23N5O2S. The lowest BCUT2D eigenvalue weighted by Gasteiger charge is -2.31. The molecule has 0 radical (unpaired) electrons. The van der Waals surface area contributed by atoms with Crippen LogP contribution in [0.3, 0.4) is 0 Å². The lowest BCUT2D eigenvalue weighted by molar-refractivity contribution is -0.122.